The minimum atomic E-state index is -0.267. The molecule has 23 heavy (non-hydrogen) atoms. The molecule has 0 heterocycles. The van der Waals surface area contributed by atoms with Crippen LogP contribution in [0.4, 0.5) is 0 Å². The maximum atomic E-state index is 12.0. The number of carbonyl (C=O) groups excluding carboxylic acids is 1. The Bertz CT molecular complexity index is 750. The van der Waals surface area contributed by atoms with Crippen molar-refractivity contribution in [2.45, 2.75) is 0 Å². The number of rotatable bonds is 5. The van der Waals surface area contributed by atoms with Crippen LogP contribution in [0.25, 0.3) is 0 Å². The summed E-state index contributed by atoms with van der Waals surface area (Å²) < 4.78 is 12.2. The number of halogens is 2. The van der Waals surface area contributed by atoms with E-state index in [0.717, 1.165) is 13.6 Å². The van der Waals surface area contributed by atoms with Crippen LogP contribution in [0.1, 0.15) is 15.9 Å². The number of ether oxygens (including phenoxy) is 2. The van der Waals surface area contributed by atoms with Crippen LogP contribution in [0.15, 0.2) is 46.0 Å². The van der Waals surface area contributed by atoms with Crippen LogP contribution in [-0.2, 0) is 0 Å². The average Bonchev–Trinajstić information content (AvgIpc) is 2.55. The van der Waals surface area contributed by atoms with Crippen LogP contribution in [0.5, 0.6) is 11.5 Å². The molecule has 0 spiro atoms. The van der Waals surface area contributed by atoms with Gasteiger partial charge in [-0.1, -0.05) is 6.07 Å². The summed E-state index contributed by atoms with van der Waals surface area (Å²) in [6.45, 7) is 0. The summed E-state index contributed by atoms with van der Waals surface area (Å²) in [6.07, 6.45) is 1.54. The third-order valence-electron chi connectivity index (χ3n) is 2.96. The van der Waals surface area contributed by atoms with Crippen LogP contribution in [0, 0.1) is 3.57 Å². The summed E-state index contributed by atoms with van der Waals surface area (Å²) in [5.74, 6) is 0.928. The number of methoxy groups -OCH3 is 2. The molecule has 0 aliphatic heterocycles. The third-order valence-corrected chi connectivity index (χ3v) is 4.32. The van der Waals surface area contributed by atoms with Crippen LogP contribution in [-0.4, -0.2) is 26.3 Å². The highest BCUT2D eigenvalue weighted by Gasteiger charge is 2.08. The fourth-order valence-corrected chi connectivity index (χ4v) is 2.79. The van der Waals surface area contributed by atoms with E-state index in [-0.39, 0.29) is 5.91 Å². The first-order valence-corrected chi connectivity index (χ1v) is 8.43. The molecule has 0 fully saturated rings. The Morgan fingerprint density at radius 2 is 1.91 bits per heavy atom. The van der Waals surface area contributed by atoms with E-state index in [1.54, 1.807) is 38.5 Å². The molecule has 0 unspecified atom stereocenters. The third kappa shape index (κ3) is 4.68. The Morgan fingerprint density at radius 1 is 1.22 bits per heavy atom. The zero-order valence-electron chi connectivity index (χ0n) is 12.5. The van der Waals surface area contributed by atoms with E-state index in [1.807, 2.05) is 12.1 Å². The molecule has 0 radical (unpaired) electrons. The predicted molar refractivity (Wildman–Crippen MR) is 101 cm³/mol. The molecule has 0 atom stereocenters. The fraction of sp³-hybridized carbons (Fsp3) is 0.125. The lowest BCUT2D eigenvalue weighted by atomic mass is 10.2. The molecule has 0 bridgehead atoms. The zero-order valence-corrected chi connectivity index (χ0v) is 16.2. The van der Waals surface area contributed by atoms with Gasteiger partial charge in [0.05, 0.1) is 20.4 Å². The van der Waals surface area contributed by atoms with Gasteiger partial charge in [0, 0.05) is 19.2 Å². The van der Waals surface area contributed by atoms with Gasteiger partial charge in [-0.3, -0.25) is 4.79 Å². The van der Waals surface area contributed by atoms with Crippen molar-refractivity contribution >= 4 is 50.6 Å². The Morgan fingerprint density at radius 3 is 2.57 bits per heavy atom. The molecule has 0 aliphatic rings. The number of hydrogen-bond acceptors (Lipinski definition) is 4. The van der Waals surface area contributed by atoms with E-state index >= 15 is 0 Å². The highest BCUT2D eigenvalue weighted by atomic mass is 127. The van der Waals surface area contributed by atoms with Crippen molar-refractivity contribution in [2.24, 2.45) is 5.10 Å². The number of hydrazone groups is 1. The monoisotopic (exact) mass is 488 g/mol. The molecule has 120 valence electrons. The van der Waals surface area contributed by atoms with Crippen molar-refractivity contribution in [3.05, 3.63) is 55.6 Å². The molecule has 2 aromatic carbocycles. The van der Waals surface area contributed by atoms with Crippen LogP contribution in [0.2, 0.25) is 0 Å². The first-order chi connectivity index (χ1) is 11.0. The van der Waals surface area contributed by atoms with Crippen molar-refractivity contribution in [3.63, 3.8) is 0 Å². The summed E-state index contributed by atoms with van der Waals surface area (Å²) in [6, 6.07) is 10.8. The first kappa shape index (κ1) is 17.7. The summed E-state index contributed by atoms with van der Waals surface area (Å²) in [5, 5.41) is 3.99. The molecule has 1 amide bonds. The Hall–Kier alpha value is -1.61. The number of carbonyl (C=O) groups is 1. The molecule has 0 saturated heterocycles. The van der Waals surface area contributed by atoms with Gasteiger partial charge in [-0.2, -0.15) is 5.10 Å². The molecule has 2 aromatic rings. The Labute approximate surface area is 156 Å². The normalized spacial score (nSPS) is 10.6. The lowest BCUT2D eigenvalue weighted by Gasteiger charge is -2.09. The van der Waals surface area contributed by atoms with E-state index in [9.17, 15) is 4.79 Å². The summed E-state index contributed by atoms with van der Waals surface area (Å²) in [5.41, 5.74) is 3.81. The summed E-state index contributed by atoms with van der Waals surface area (Å²) in [4.78, 5) is 12.0. The summed E-state index contributed by atoms with van der Waals surface area (Å²) in [7, 11) is 3.13. The van der Waals surface area contributed by atoms with E-state index < -0.39 is 0 Å². The first-order valence-electron chi connectivity index (χ1n) is 6.55. The van der Waals surface area contributed by atoms with Gasteiger partial charge >= 0.3 is 0 Å². The van der Waals surface area contributed by atoms with Gasteiger partial charge in [-0.05, 0) is 68.9 Å². The average molecular weight is 489 g/mol. The number of nitrogens with zero attached hydrogens (tertiary/aromatic N) is 1. The smallest absolute Gasteiger partial charge is 0.271 e. The second-order valence-corrected chi connectivity index (χ2v) is 6.54. The number of amides is 1. The van der Waals surface area contributed by atoms with Crippen LogP contribution >= 0.6 is 38.5 Å². The van der Waals surface area contributed by atoms with Crippen LogP contribution in [0.3, 0.4) is 0 Å². The molecule has 0 aromatic heterocycles. The topological polar surface area (TPSA) is 59.9 Å². The number of nitrogens with one attached hydrogen (secondary N) is 1. The minimum absolute atomic E-state index is 0.267. The van der Waals surface area contributed by atoms with Gasteiger partial charge in [0.25, 0.3) is 5.91 Å². The van der Waals surface area contributed by atoms with Crippen LogP contribution < -0.4 is 14.9 Å². The van der Waals surface area contributed by atoms with E-state index in [4.69, 9.17) is 9.47 Å². The van der Waals surface area contributed by atoms with Gasteiger partial charge in [0.2, 0.25) is 0 Å². The zero-order chi connectivity index (χ0) is 16.8. The van der Waals surface area contributed by atoms with Crippen molar-refractivity contribution in [1.29, 1.82) is 0 Å². The molecule has 7 heteroatoms. The van der Waals surface area contributed by atoms with Gasteiger partial charge in [-0.25, -0.2) is 5.43 Å². The maximum Gasteiger partial charge on any atom is 0.271 e. The predicted octanol–water partition coefficient (Wildman–Crippen LogP) is 3.83. The van der Waals surface area contributed by atoms with E-state index in [1.165, 1.54) is 6.21 Å². The molecular weight excluding hydrogens is 475 g/mol. The lowest BCUT2D eigenvalue weighted by Crippen LogP contribution is -2.17. The molecule has 2 rings (SSSR count). The van der Waals surface area contributed by atoms with Gasteiger partial charge in [-0.15, -0.1) is 0 Å². The molecule has 1 N–H and O–H groups in total. The van der Waals surface area contributed by atoms with Crippen molar-refractivity contribution < 1.29 is 14.3 Å². The second-order valence-electron chi connectivity index (χ2n) is 4.44. The molecular formula is C16H14BrIN2O3. The Balaban J connectivity index is 2.13. The quantitative estimate of drug-likeness (QED) is 0.395. The Kier molecular flexibility index (Phi) is 6.40. The number of hydrogen-bond donors (Lipinski definition) is 1. The highest BCUT2D eigenvalue weighted by molar-refractivity contribution is 14.1. The number of benzene rings is 2. The lowest BCUT2D eigenvalue weighted by molar-refractivity contribution is 0.0955. The molecule has 5 nitrogen and oxygen atoms in total. The SMILES string of the molecule is COc1cc(Br)c(/C=N\NC(=O)c2cccc(I)c2)cc1OC. The summed E-state index contributed by atoms with van der Waals surface area (Å²) >= 11 is 5.59. The second kappa shape index (κ2) is 8.30. The standard InChI is InChI=1S/C16H14BrIN2O3/c1-22-14-7-11(13(17)8-15(14)23-2)9-19-20-16(21)10-4-3-5-12(18)6-10/h3-9H,1-2H3,(H,20,21)/b19-9-. The molecule has 0 aliphatic carbocycles. The fourth-order valence-electron chi connectivity index (χ4n) is 1.82. The van der Waals surface area contributed by atoms with Crippen molar-refractivity contribution in [1.82, 2.24) is 5.43 Å². The van der Waals surface area contributed by atoms with Crippen molar-refractivity contribution in [3.8, 4) is 11.5 Å². The minimum Gasteiger partial charge on any atom is -0.493 e. The van der Waals surface area contributed by atoms with Gasteiger partial charge in [0.15, 0.2) is 11.5 Å². The maximum absolute atomic E-state index is 12.0. The van der Waals surface area contributed by atoms with Crippen molar-refractivity contribution in [2.75, 3.05) is 14.2 Å². The highest BCUT2D eigenvalue weighted by Crippen LogP contribution is 2.32. The largest absolute Gasteiger partial charge is 0.493 e. The van der Waals surface area contributed by atoms with Gasteiger partial charge in [0.1, 0.15) is 0 Å². The van der Waals surface area contributed by atoms with Gasteiger partial charge < -0.3 is 9.47 Å². The molecule has 0 saturated carbocycles. The van der Waals surface area contributed by atoms with E-state index in [0.29, 0.717) is 17.1 Å². The van der Waals surface area contributed by atoms with E-state index in [2.05, 4.69) is 49.0 Å².